The summed E-state index contributed by atoms with van der Waals surface area (Å²) in [6.45, 7) is 2.59. The lowest BCUT2D eigenvalue weighted by Gasteiger charge is -2.26. The highest BCUT2D eigenvalue weighted by atomic mass is 35.5. The molecule has 3 N–H and O–H groups in total. The zero-order chi connectivity index (χ0) is 17.6. The fourth-order valence-corrected chi connectivity index (χ4v) is 3.38. The summed E-state index contributed by atoms with van der Waals surface area (Å²) in [5.41, 5.74) is 10.3. The van der Waals surface area contributed by atoms with E-state index in [0.717, 1.165) is 30.7 Å². The van der Waals surface area contributed by atoms with Crippen molar-refractivity contribution in [3.63, 3.8) is 0 Å². The summed E-state index contributed by atoms with van der Waals surface area (Å²) >= 11 is 0. The number of ether oxygens (including phenoxy) is 1. The number of halogens is 1. The Hall–Kier alpha value is -2.20. The first-order chi connectivity index (χ1) is 12.1. The molecule has 1 unspecified atom stereocenters. The number of amides is 1. The van der Waals surface area contributed by atoms with Crippen LogP contribution in [0, 0.1) is 6.92 Å². The largest absolute Gasteiger partial charge is 0.494 e. The van der Waals surface area contributed by atoms with Crippen molar-refractivity contribution in [1.82, 2.24) is 5.32 Å². The van der Waals surface area contributed by atoms with Gasteiger partial charge in [0.15, 0.2) is 0 Å². The number of nitrogens with one attached hydrogen (secondary N) is 1. The van der Waals surface area contributed by atoms with Crippen LogP contribution in [-0.4, -0.2) is 12.5 Å². The molecule has 1 atom stereocenters. The minimum atomic E-state index is 0. The molecular formula is C21H27ClN2O2. The fraction of sp³-hybridized carbons (Fsp3) is 0.381. The van der Waals surface area contributed by atoms with Gasteiger partial charge in [-0.15, -0.1) is 12.4 Å². The number of aryl methyl sites for hydroxylation is 2. The van der Waals surface area contributed by atoms with E-state index < -0.39 is 0 Å². The number of nitrogens with two attached hydrogens (primary N) is 1. The van der Waals surface area contributed by atoms with E-state index in [9.17, 15) is 4.79 Å². The van der Waals surface area contributed by atoms with E-state index in [1.54, 1.807) is 0 Å². The Morgan fingerprint density at radius 2 is 2.12 bits per heavy atom. The number of rotatable bonds is 6. The molecule has 2 aromatic carbocycles. The van der Waals surface area contributed by atoms with Gasteiger partial charge >= 0.3 is 0 Å². The van der Waals surface area contributed by atoms with Crippen LogP contribution in [0.25, 0.3) is 0 Å². The second kappa shape index (κ2) is 9.48. The maximum absolute atomic E-state index is 12.3. The molecule has 0 saturated carbocycles. The molecular weight excluding hydrogens is 348 g/mol. The van der Waals surface area contributed by atoms with Crippen LogP contribution in [0.4, 0.5) is 5.69 Å². The standard InChI is InChI=1S/C21H26N2O2.ClH/c1-15-5-2-7-18(13-15)25-12-4-9-21(24)23-20-8-3-6-16-14-17(22)10-11-19(16)20;/h2,5,7,10-11,13-14,20H,3-4,6,8-9,12,22H2,1H3,(H,23,24);1H. The van der Waals surface area contributed by atoms with Gasteiger partial charge in [-0.25, -0.2) is 0 Å². The quantitative estimate of drug-likeness (QED) is 0.583. The Morgan fingerprint density at radius 3 is 2.92 bits per heavy atom. The molecule has 26 heavy (non-hydrogen) atoms. The summed E-state index contributed by atoms with van der Waals surface area (Å²) in [5, 5.41) is 3.17. The number of nitrogen functional groups attached to an aromatic ring is 1. The van der Waals surface area contributed by atoms with E-state index in [2.05, 4.69) is 11.4 Å². The fourth-order valence-electron chi connectivity index (χ4n) is 3.38. The van der Waals surface area contributed by atoms with Gasteiger partial charge < -0.3 is 15.8 Å². The van der Waals surface area contributed by atoms with E-state index in [0.29, 0.717) is 19.4 Å². The molecule has 0 radical (unpaired) electrons. The van der Waals surface area contributed by atoms with Crippen molar-refractivity contribution in [2.45, 2.75) is 45.1 Å². The molecule has 0 fully saturated rings. The predicted molar refractivity (Wildman–Crippen MR) is 108 cm³/mol. The highest BCUT2D eigenvalue weighted by molar-refractivity contribution is 5.85. The molecule has 5 heteroatoms. The van der Waals surface area contributed by atoms with Crippen LogP contribution in [0.15, 0.2) is 42.5 Å². The lowest BCUT2D eigenvalue weighted by Crippen LogP contribution is -2.31. The molecule has 4 nitrogen and oxygen atoms in total. The SMILES string of the molecule is Cc1cccc(OCCCC(=O)NC2CCCc3cc(N)ccc32)c1.Cl. The maximum atomic E-state index is 12.3. The van der Waals surface area contributed by atoms with Crippen LogP contribution in [0.3, 0.4) is 0 Å². The van der Waals surface area contributed by atoms with E-state index >= 15 is 0 Å². The molecule has 1 aliphatic carbocycles. The van der Waals surface area contributed by atoms with Crippen molar-refractivity contribution in [2.75, 3.05) is 12.3 Å². The van der Waals surface area contributed by atoms with Crippen molar-refractivity contribution in [1.29, 1.82) is 0 Å². The van der Waals surface area contributed by atoms with Gasteiger partial charge in [0.2, 0.25) is 5.91 Å². The van der Waals surface area contributed by atoms with Gasteiger partial charge in [-0.05, 0) is 73.6 Å². The van der Waals surface area contributed by atoms with Crippen molar-refractivity contribution >= 4 is 24.0 Å². The highest BCUT2D eigenvalue weighted by Gasteiger charge is 2.21. The Morgan fingerprint density at radius 1 is 1.27 bits per heavy atom. The number of carbonyl (C=O) groups excluding carboxylic acids is 1. The summed E-state index contributed by atoms with van der Waals surface area (Å²) in [6, 6.07) is 14.1. The first-order valence-electron chi connectivity index (χ1n) is 8.99. The molecule has 0 heterocycles. The van der Waals surface area contributed by atoms with Gasteiger partial charge in [-0.3, -0.25) is 4.79 Å². The van der Waals surface area contributed by atoms with E-state index in [-0.39, 0.29) is 24.4 Å². The van der Waals surface area contributed by atoms with Gasteiger partial charge in [0.25, 0.3) is 0 Å². The molecule has 0 aromatic heterocycles. The van der Waals surface area contributed by atoms with E-state index in [4.69, 9.17) is 10.5 Å². The second-order valence-electron chi connectivity index (χ2n) is 6.74. The van der Waals surface area contributed by atoms with Crippen molar-refractivity contribution in [3.05, 3.63) is 59.2 Å². The Kier molecular flexibility index (Phi) is 7.34. The highest BCUT2D eigenvalue weighted by Crippen LogP contribution is 2.31. The molecule has 1 aliphatic rings. The van der Waals surface area contributed by atoms with Crippen molar-refractivity contribution in [2.24, 2.45) is 0 Å². The summed E-state index contributed by atoms with van der Waals surface area (Å²) < 4.78 is 5.70. The van der Waals surface area contributed by atoms with Crippen molar-refractivity contribution < 1.29 is 9.53 Å². The third kappa shape index (κ3) is 5.40. The number of hydrogen-bond donors (Lipinski definition) is 2. The predicted octanol–water partition coefficient (Wildman–Crippen LogP) is 4.35. The molecule has 1 amide bonds. The lowest BCUT2D eigenvalue weighted by atomic mass is 9.87. The summed E-state index contributed by atoms with van der Waals surface area (Å²) in [4.78, 5) is 12.3. The third-order valence-electron chi connectivity index (χ3n) is 4.62. The number of benzene rings is 2. The second-order valence-corrected chi connectivity index (χ2v) is 6.74. The van der Waals surface area contributed by atoms with Gasteiger partial charge in [-0.1, -0.05) is 18.2 Å². The van der Waals surface area contributed by atoms with Crippen LogP contribution < -0.4 is 15.8 Å². The van der Waals surface area contributed by atoms with Crippen LogP contribution in [0.5, 0.6) is 5.75 Å². The first-order valence-corrected chi connectivity index (χ1v) is 8.99. The van der Waals surface area contributed by atoms with Crippen LogP contribution in [-0.2, 0) is 11.2 Å². The molecule has 0 aliphatic heterocycles. The topological polar surface area (TPSA) is 64.3 Å². The number of fused-ring (bicyclic) bond motifs is 1. The first kappa shape index (κ1) is 20.1. The summed E-state index contributed by atoms with van der Waals surface area (Å²) in [7, 11) is 0. The minimum Gasteiger partial charge on any atom is -0.494 e. The Labute approximate surface area is 161 Å². The van der Waals surface area contributed by atoms with E-state index in [1.807, 2.05) is 43.3 Å². The molecule has 0 spiro atoms. The Balaban J connectivity index is 0.00000243. The minimum absolute atomic E-state index is 0. The smallest absolute Gasteiger partial charge is 0.220 e. The van der Waals surface area contributed by atoms with Gasteiger partial charge in [0.05, 0.1) is 12.6 Å². The van der Waals surface area contributed by atoms with Crippen LogP contribution in [0.1, 0.15) is 48.4 Å². The number of carbonyl (C=O) groups is 1. The maximum Gasteiger partial charge on any atom is 0.220 e. The van der Waals surface area contributed by atoms with Crippen LogP contribution in [0.2, 0.25) is 0 Å². The average Bonchev–Trinajstić information content (AvgIpc) is 2.59. The van der Waals surface area contributed by atoms with Crippen LogP contribution >= 0.6 is 12.4 Å². The average molecular weight is 375 g/mol. The van der Waals surface area contributed by atoms with Gasteiger partial charge in [0.1, 0.15) is 5.75 Å². The molecule has 0 saturated heterocycles. The van der Waals surface area contributed by atoms with Gasteiger partial charge in [-0.2, -0.15) is 0 Å². The summed E-state index contributed by atoms with van der Waals surface area (Å²) in [5.74, 6) is 0.946. The zero-order valence-corrected chi connectivity index (χ0v) is 16.0. The normalized spacial score (nSPS) is 15.5. The molecule has 0 bridgehead atoms. The Bertz CT molecular complexity index is 749. The lowest BCUT2D eigenvalue weighted by molar-refractivity contribution is -0.122. The van der Waals surface area contributed by atoms with Crippen molar-refractivity contribution in [3.8, 4) is 5.75 Å². The van der Waals surface area contributed by atoms with Gasteiger partial charge in [0, 0.05) is 12.1 Å². The monoisotopic (exact) mass is 374 g/mol. The number of hydrogen-bond acceptors (Lipinski definition) is 3. The molecule has 3 rings (SSSR count). The van der Waals surface area contributed by atoms with E-state index in [1.165, 1.54) is 16.7 Å². The molecule has 2 aromatic rings. The third-order valence-corrected chi connectivity index (χ3v) is 4.62. The molecule has 140 valence electrons. The zero-order valence-electron chi connectivity index (χ0n) is 15.2. The summed E-state index contributed by atoms with van der Waals surface area (Å²) in [6.07, 6.45) is 4.30. The number of anilines is 1.